The smallest absolute Gasteiger partial charge is 0.395 e. The Labute approximate surface area is 431 Å². The highest BCUT2D eigenvalue weighted by Gasteiger charge is 2.41. The van der Waals surface area contributed by atoms with E-state index in [-0.39, 0.29) is 49.2 Å². The third-order valence-corrected chi connectivity index (χ3v) is 16.4. The number of hydrogen-bond acceptors (Lipinski definition) is 8. The minimum atomic E-state index is -3.96. The lowest BCUT2D eigenvalue weighted by Gasteiger charge is -2.36. The molecule has 0 fully saturated rings. The van der Waals surface area contributed by atoms with Crippen molar-refractivity contribution in [2.75, 3.05) is 14.2 Å². The van der Waals surface area contributed by atoms with Crippen LogP contribution in [-0.2, 0) is 67.9 Å². The Bertz CT molecular complexity index is 2560. The number of rotatable bonds is 2. The summed E-state index contributed by atoms with van der Waals surface area (Å²) in [6.07, 6.45) is 0.734. The predicted octanol–water partition coefficient (Wildman–Crippen LogP) is 18.5. The molecular weight excluding hydrogens is 923 g/mol. The highest BCUT2D eigenvalue weighted by molar-refractivity contribution is 7.49. The molecule has 0 saturated carbocycles. The molecular formula is C61H92O8P2. The van der Waals surface area contributed by atoms with Gasteiger partial charge in [0.05, 0.1) is 0 Å². The maximum atomic E-state index is 14.0. The second-order valence-electron chi connectivity index (χ2n) is 28.4. The normalized spacial score (nSPS) is 18.7. The Morgan fingerprint density at radius 1 is 0.352 bits per heavy atom. The van der Waals surface area contributed by atoms with Gasteiger partial charge in [-0.1, -0.05) is 197 Å². The summed E-state index contributed by atoms with van der Waals surface area (Å²) in [7, 11) is -5.13. The Kier molecular flexibility index (Phi) is 15.6. The van der Waals surface area contributed by atoms with Crippen molar-refractivity contribution in [1.29, 1.82) is 0 Å². The van der Waals surface area contributed by atoms with Crippen LogP contribution in [0.1, 0.15) is 246 Å². The molecule has 10 heteroatoms. The largest absolute Gasteiger partial charge is 0.587 e. The molecule has 0 unspecified atom stereocenters. The van der Waals surface area contributed by atoms with Crippen LogP contribution in [-0.4, -0.2) is 14.2 Å². The Hall–Kier alpha value is -3.54. The first-order valence-corrected chi connectivity index (χ1v) is 28.5. The van der Waals surface area contributed by atoms with Crippen molar-refractivity contribution in [3.63, 3.8) is 0 Å². The summed E-state index contributed by atoms with van der Waals surface area (Å²) in [4.78, 5) is 0. The monoisotopic (exact) mass is 1010 g/mol. The molecule has 0 radical (unpaired) electrons. The van der Waals surface area contributed by atoms with Crippen LogP contribution in [0.3, 0.4) is 0 Å². The van der Waals surface area contributed by atoms with Crippen LogP contribution in [0.2, 0.25) is 0 Å². The van der Waals surface area contributed by atoms with Crippen LogP contribution in [0.5, 0.6) is 23.0 Å². The molecule has 0 aromatic heterocycles. The van der Waals surface area contributed by atoms with Gasteiger partial charge in [0.2, 0.25) is 0 Å². The van der Waals surface area contributed by atoms with E-state index in [0.717, 1.165) is 28.7 Å². The highest BCUT2D eigenvalue weighted by atomic mass is 31.2. The average molecular weight is 1020 g/mol. The number of phosphoric acid groups is 2. The lowest BCUT2D eigenvalue weighted by atomic mass is 9.71. The van der Waals surface area contributed by atoms with E-state index < -0.39 is 15.6 Å². The minimum Gasteiger partial charge on any atom is -0.395 e. The molecule has 71 heavy (non-hydrogen) atoms. The predicted molar refractivity (Wildman–Crippen MR) is 297 cm³/mol. The summed E-state index contributed by atoms with van der Waals surface area (Å²) in [6.45, 7) is 54.9. The molecule has 8 bridgehead atoms. The van der Waals surface area contributed by atoms with Gasteiger partial charge in [-0.05, 0) is 119 Å². The van der Waals surface area contributed by atoms with Gasteiger partial charge >= 0.3 is 15.6 Å². The van der Waals surface area contributed by atoms with E-state index in [0.29, 0.717) is 23.0 Å². The summed E-state index contributed by atoms with van der Waals surface area (Å²) in [6, 6.07) is 17.2. The molecule has 0 N–H and O–H groups in total. The van der Waals surface area contributed by atoms with Crippen molar-refractivity contribution in [2.45, 2.75) is 229 Å². The highest BCUT2D eigenvalue weighted by Crippen LogP contribution is 2.57. The molecule has 8 nitrogen and oxygen atoms in total. The number of hydrogen-bond donors (Lipinski definition) is 0. The van der Waals surface area contributed by atoms with Gasteiger partial charge in [0, 0.05) is 42.4 Å². The van der Waals surface area contributed by atoms with Gasteiger partial charge in [-0.3, -0.25) is 9.05 Å². The summed E-state index contributed by atoms with van der Waals surface area (Å²) >= 11 is 0. The average Bonchev–Trinajstić information content (AvgIpc) is 3.16. The maximum Gasteiger partial charge on any atom is 0.587 e. The Morgan fingerprint density at radius 2 is 0.563 bits per heavy atom. The summed E-state index contributed by atoms with van der Waals surface area (Å²) < 4.78 is 63.6. The van der Waals surface area contributed by atoms with Crippen molar-refractivity contribution in [1.82, 2.24) is 0 Å². The third-order valence-electron chi connectivity index (χ3n) is 13.8. The van der Waals surface area contributed by atoms with E-state index in [4.69, 9.17) is 27.1 Å². The van der Waals surface area contributed by atoms with Gasteiger partial charge in [-0.15, -0.1) is 0 Å². The number of phosphoric ester groups is 2. The molecule has 394 valence electrons. The van der Waals surface area contributed by atoms with Gasteiger partial charge in [0.25, 0.3) is 0 Å². The van der Waals surface area contributed by atoms with E-state index in [1.807, 2.05) is 0 Å². The number of fused-ring (bicyclic) bond motifs is 8. The van der Waals surface area contributed by atoms with E-state index in [9.17, 15) is 9.13 Å². The lowest BCUT2D eigenvalue weighted by Crippen LogP contribution is -2.24. The second-order valence-corrected chi connectivity index (χ2v) is 31.7. The fourth-order valence-corrected chi connectivity index (χ4v) is 11.8. The molecule has 2 heterocycles. The van der Waals surface area contributed by atoms with Gasteiger partial charge in [0.1, 0.15) is 23.0 Å². The van der Waals surface area contributed by atoms with Crippen LogP contribution in [0.4, 0.5) is 0 Å². The molecule has 4 aromatic carbocycles. The molecule has 0 aliphatic carbocycles. The molecule has 0 saturated heterocycles. The zero-order valence-electron chi connectivity index (χ0n) is 49.1. The van der Waals surface area contributed by atoms with Gasteiger partial charge in [0.15, 0.2) is 0 Å². The van der Waals surface area contributed by atoms with Gasteiger partial charge in [-0.2, -0.15) is 0 Å². The number of benzene rings is 4. The SMILES string of the molecule is COP1(=O)Oc2cc(c(C(C)(C)C)cc2C(C)(C)C)C(C)c2cc(c(C(C)(C)C)cc2C(C)(C)C)O1.COP1(=O)Oc2cc(c(C(C)(C)C)cc2C(C)(C)C)Cc2cc(c(C(C)(C)C)cc2C(C)(C)C)O1. The lowest BCUT2D eigenvalue weighted by molar-refractivity contribution is 0.244. The molecule has 6 rings (SSSR count). The summed E-state index contributed by atoms with van der Waals surface area (Å²) in [5, 5.41) is 0. The van der Waals surface area contributed by atoms with Crippen LogP contribution < -0.4 is 18.1 Å². The maximum absolute atomic E-state index is 14.0. The third kappa shape index (κ3) is 12.9. The molecule has 0 atom stereocenters. The first kappa shape index (κ1) is 58.4. The van der Waals surface area contributed by atoms with E-state index in [1.54, 1.807) is 0 Å². The van der Waals surface area contributed by atoms with Crippen LogP contribution in [0, 0.1) is 0 Å². The molecule has 4 aromatic rings. The van der Waals surface area contributed by atoms with Crippen LogP contribution in [0.15, 0.2) is 48.5 Å². The minimum absolute atomic E-state index is 0.0706. The Morgan fingerprint density at radius 3 is 0.775 bits per heavy atom. The molecule has 2 aliphatic heterocycles. The van der Waals surface area contributed by atoms with Gasteiger partial charge < -0.3 is 18.1 Å². The fourth-order valence-electron chi connectivity index (χ4n) is 9.83. The first-order chi connectivity index (χ1) is 31.7. The van der Waals surface area contributed by atoms with Crippen LogP contribution >= 0.6 is 15.6 Å². The molecule has 2 aliphatic rings. The van der Waals surface area contributed by atoms with Crippen molar-refractivity contribution in [2.24, 2.45) is 0 Å². The quantitative estimate of drug-likeness (QED) is 0.184. The summed E-state index contributed by atoms with van der Waals surface area (Å²) in [5.41, 5.74) is 12.5. The standard InChI is InChI=1S/C31H47O4P.C30H45O4P/c1-19-20-15-26(24(30(8,9)10)17-22(20)28(2,3)4)34-36(32,33-14)35-27-16-21(19)23(29(5,6)7)18-25(27)31(11,12)13;1-27(2,3)21-17-23(29(7,8)9)25-15-19(21)14-20-16-26(34-35(31,32-13)33-25)24(30(10,11)12)18-22(20)28(4,5)6/h15-19H,1-14H3;15-18H,14H2,1-13H3. The van der Waals surface area contributed by atoms with Crippen molar-refractivity contribution in [3.8, 4) is 23.0 Å². The zero-order valence-corrected chi connectivity index (χ0v) is 50.9. The topological polar surface area (TPSA) is 89.5 Å². The van der Waals surface area contributed by atoms with E-state index >= 15 is 0 Å². The Balaban J connectivity index is 0.000000264. The van der Waals surface area contributed by atoms with Crippen molar-refractivity contribution >= 4 is 15.6 Å². The fraction of sp³-hybridized carbons (Fsp3) is 0.607. The molecule has 0 spiro atoms. The van der Waals surface area contributed by atoms with Crippen molar-refractivity contribution < 1.29 is 36.3 Å². The van der Waals surface area contributed by atoms with Crippen molar-refractivity contribution in [3.05, 3.63) is 115 Å². The summed E-state index contributed by atoms with van der Waals surface area (Å²) in [5.74, 6) is 2.31. The van der Waals surface area contributed by atoms with Crippen LogP contribution in [0.25, 0.3) is 0 Å². The zero-order chi connectivity index (χ0) is 54.4. The van der Waals surface area contributed by atoms with Gasteiger partial charge in [-0.25, -0.2) is 9.13 Å². The molecule has 0 amide bonds. The van der Waals surface area contributed by atoms with E-state index in [1.165, 1.54) is 58.7 Å². The van der Waals surface area contributed by atoms with E-state index in [2.05, 4.69) is 222 Å². The second kappa shape index (κ2) is 19.0. The first-order valence-electron chi connectivity index (χ1n) is 25.6.